The van der Waals surface area contributed by atoms with E-state index in [9.17, 15) is 0 Å². The summed E-state index contributed by atoms with van der Waals surface area (Å²) in [6, 6.07) is 0.709. The van der Waals surface area contributed by atoms with E-state index in [0.717, 1.165) is 57.8 Å². The number of rotatable bonds is 21. The van der Waals surface area contributed by atoms with Crippen LogP contribution in [0.4, 0.5) is 0 Å². The van der Waals surface area contributed by atoms with Crippen molar-refractivity contribution in [3.8, 4) is 0 Å². The van der Waals surface area contributed by atoms with Gasteiger partial charge < -0.3 is 21.8 Å². The van der Waals surface area contributed by atoms with Gasteiger partial charge in [-0.05, 0) is 32.1 Å². The van der Waals surface area contributed by atoms with Crippen LogP contribution in [0.1, 0.15) is 85.5 Å². The Morgan fingerprint density at radius 1 is 0.607 bits per heavy atom. The van der Waals surface area contributed by atoms with Crippen molar-refractivity contribution in [1.82, 2.24) is 0 Å². The van der Waals surface area contributed by atoms with Gasteiger partial charge in [0.2, 0.25) is 0 Å². The zero-order valence-electron chi connectivity index (χ0n) is 19.0. The molecule has 0 aliphatic rings. The molecule has 0 amide bonds. The first kappa shape index (κ1) is 28.5. The summed E-state index contributed by atoms with van der Waals surface area (Å²) in [5.41, 5.74) is 0. The van der Waals surface area contributed by atoms with Crippen LogP contribution in [0.2, 0.25) is 12.6 Å². The molecule has 0 saturated heterocycles. The van der Waals surface area contributed by atoms with Gasteiger partial charge in [-0.1, -0.05) is 53.4 Å². The molecule has 0 heterocycles. The second kappa shape index (κ2) is 18.3. The highest BCUT2D eigenvalue weighted by Crippen LogP contribution is 2.26. The Hall–Kier alpha value is 0.524. The van der Waals surface area contributed by atoms with Gasteiger partial charge in [-0.2, -0.15) is 0 Å². The van der Waals surface area contributed by atoms with Crippen LogP contribution in [-0.4, -0.2) is 49.9 Å². The molecule has 0 saturated carbocycles. The monoisotopic (exact) mass is 456 g/mol. The van der Waals surface area contributed by atoms with Crippen molar-refractivity contribution in [2.45, 2.75) is 98.1 Å². The van der Waals surface area contributed by atoms with E-state index in [1.807, 2.05) is 6.55 Å². The number of hydrogen-bond acceptors (Lipinski definition) is 5. The Morgan fingerprint density at radius 3 is 1.36 bits per heavy atom. The highest BCUT2D eigenvalue weighted by Gasteiger charge is 2.50. The molecule has 170 valence electrons. The average molecular weight is 457 g/mol. The second-order valence-corrected chi connectivity index (χ2v) is 13.2. The lowest BCUT2D eigenvalue weighted by Crippen LogP contribution is -2.57. The van der Waals surface area contributed by atoms with Gasteiger partial charge in [0.25, 0.3) is 0 Å². The van der Waals surface area contributed by atoms with E-state index in [4.69, 9.17) is 33.4 Å². The third-order valence-corrected chi connectivity index (χ3v) is 11.0. The van der Waals surface area contributed by atoms with Gasteiger partial charge in [0.1, 0.15) is 0 Å². The highest BCUT2D eigenvalue weighted by atomic mass is 35.5. The van der Waals surface area contributed by atoms with E-state index in [1.54, 1.807) is 0 Å². The molecule has 0 radical (unpaired) electrons. The van der Waals surface area contributed by atoms with E-state index in [1.165, 1.54) is 0 Å². The average Bonchev–Trinajstić information content (AvgIpc) is 2.67. The first-order valence-electron chi connectivity index (χ1n) is 11.3. The first-order valence-corrected chi connectivity index (χ1v) is 16.0. The predicted octanol–water partition coefficient (Wildman–Crippen LogP) is 6.41. The lowest BCUT2D eigenvalue weighted by molar-refractivity contribution is 0.0423. The van der Waals surface area contributed by atoms with Crippen molar-refractivity contribution < 1.29 is 21.8 Å². The molecule has 0 fully saturated rings. The lowest BCUT2D eigenvalue weighted by atomic mass is 10.4. The molecule has 0 aromatic heterocycles. The molecule has 0 bridgehead atoms. The minimum Gasteiger partial charge on any atom is -0.374 e. The number of hydrogen-bond donors (Lipinski definition) is 0. The molecule has 0 aliphatic heterocycles. The molecule has 8 heteroatoms. The maximum atomic E-state index is 6.64. The predicted molar refractivity (Wildman–Crippen MR) is 122 cm³/mol. The molecule has 0 rings (SSSR count). The summed E-state index contributed by atoms with van der Waals surface area (Å²) >= 11 is 6.01. The third kappa shape index (κ3) is 13.7. The summed E-state index contributed by atoms with van der Waals surface area (Å²) in [6.45, 7) is 13.2. The van der Waals surface area contributed by atoms with Crippen molar-refractivity contribution in [1.29, 1.82) is 0 Å². The Labute approximate surface area is 181 Å². The van der Waals surface area contributed by atoms with Crippen molar-refractivity contribution in [2.24, 2.45) is 0 Å². The third-order valence-electron chi connectivity index (χ3n) is 4.32. The molecular formula is C20H45ClO5Si2. The van der Waals surface area contributed by atoms with Gasteiger partial charge in [0, 0.05) is 44.9 Å². The minimum absolute atomic E-state index is 0.567. The maximum Gasteiger partial charge on any atom is 0.493 e. The standard InChI is InChI=1S/C20H45ClO5Si2/c1-6-10-16-22-27(5,23-17-11-7-2)26-28(20-14-15-21,24-18-12-8-3)25-19-13-9-4/h6-20H2,1-5H3. The fraction of sp³-hybridized carbons (Fsp3) is 1.00. The van der Waals surface area contributed by atoms with Crippen LogP contribution in [-0.2, 0) is 21.8 Å². The van der Waals surface area contributed by atoms with Crippen molar-refractivity contribution in [2.75, 3.05) is 32.3 Å². The van der Waals surface area contributed by atoms with E-state index in [2.05, 4.69) is 27.7 Å². The van der Waals surface area contributed by atoms with Crippen LogP contribution in [0.5, 0.6) is 0 Å². The van der Waals surface area contributed by atoms with E-state index in [0.29, 0.717) is 38.4 Å². The summed E-state index contributed by atoms with van der Waals surface area (Å²) < 4.78 is 31.7. The molecule has 0 aromatic rings. The zero-order chi connectivity index (χ0) is 21.1. The zero-order valence-corrected chi connectivity index (χ0v) is 21.8. The van der Waals surface area contributed by atoms with Crippen LogP contribution in [0.3, 0.4) is 0 Å². The van der Waals surface area contributed by atoms with E-state index in [-0.39, 0.29) is 0 Å². The van der Waals surface area contributed by atoms with Crippen LogP contribution in [0, 0.1) is 0 Å². The smallest absolute Gasteiger partial charge is 0.374 e. The summed E-state index contributed by atoms with van der Waals surface area (Å²) in [5.74, 6) is 0.567. The van der Waals surface area contributed by atoms with Crippen molar-refractivity contribution in [3.63, 3.8) is 0 Å². The number of alkyl halides is 1. The Balaban J connectivity index is 5.36. The Kier molecular flexibility index (Phi) is 18.6. The van der Waals surface area contributed by atoms with Crippen molar-refractivity contribution >= 4 is 29.2 Å². The Morgan fingerprint density at radius 2 is 1.00 bits per heavy atom. The van der Waals surface area contributed by atoms with Crippen LogP contribution < -0.4 is 0 Å². The fourth-order valence-electron chi connectivity index (χ4n) is 2.51. The molecule has 0 unspecified atom stereocenters. The Bertz CT molecular complexity index is 331. The molecule has 0 atom stereocenters. The van der Waals surface area contributed by atoms with Gasteiger partial charge in [-0.15, -0.1) is 11.6 Å². The van der Waals surface area contributed by atoms with Crippen LogP contribution in [0.15, 0.2) is 0 Å². The van der Waals surface area contributed by atoms with E-state index < -0.39 is 17.6 Å². The SMILES string of the molecule is CCCCO[Si](C)(OCCCC)O[Si](CCCCl)(OCCCC)OCCCC. The molecular weight excluding hydrogens is 412 g/mol. The summed E-state index contributed by atoms with van der Waals surface area (Å²) in [6.07, 6.45) is 9.07. The van der Waals surface area contributed by atoms with Gasteiger partial charge in [0.15, 0.2) is 0 Å². The summed E-state index contributed by atoms with van der Waals surface area (Å²) in [5, 5.41) is 0. The fourth-order valence-corrected chi connectivity index (χ4v) is 9.48. The number of halogens is 1. The normalized spacial score (nSPS) is 12.6. The highest BCUT2D eigenvalue weighted by molar-refractivity contribution is 6.74. The maximum absolute atomic E-state index is 6.64. The summed E-state index contributed by atoms with van der Waals surface area (Å²) in [7, 11) is -5.78. The van der Waals surface area contributed by atoms with Crippen molar-refractivity contribution in [3.05, 3.63) is 0 Å². The molecule has 0 N–H and O–H groups in total. The van der Waals surface area contributed by atoms with Crippen LogP contribution >= 0.6 is 11.6 Å². The summed E-state index contributed by atoms with van der Waals surface area (Å²) in [4.78, 5) is 0. The topological polar surface area (TPSA) is 46.2 Å². The molecule has 0 aliphatic carbocycles. The van der Waals surface area contributed by atoms with E-state index >= 15 is 0 Å². The second-order valence-electron chi connectivity index (χ2n) is 7.25. The molecule has 5 nitrogen and oxygen atoms in total. The largest absolute Gasteiger partial charge is 0.493 e. The van der Waals surface area contributed by atoms with Crippen LogP contribution in [0.25, 0.3) is 0 Å². The first-order chi connectivity index (χ1) is 13.5. The quantitative estimate of drug-likeness (QED) is 0.113. The number of unbranched alkanes of at least 4 members (excludes halogenated alkanes) is 4. The van der Waals surface area contributed by atoms with Gasteiger partial charge in [-0.25, -0.2) is 0 Å². The lowest BCUT2D eigenvalue weighted by Gasteiger charge is -2.37. The minimum atomic E-state index is -2.92. The van der Waals surface area contributed by atoms with Gasteiger partial charge in [0.05, 0.1) is 0 Å². The van der Waals surface area contributed by atoms with Gasteiger partial charge in [-0.3, -0.25) is 0 Å². The molecule has 0 spiro atoms. The van der Waals surface area contributed by atoms with Gasteiger partial charge >= 0.3 is 17.6 Å². The molecule has 0 aromatic carbocycles. The molecule has 28 heavy (non-hydrogen) atoms.